The van der Waals surface area contributed by atoms with Gasteiger partial charge in [0, 0.05) is 31.2 Å². The Morgan fingerprint density at radius 3 is 2.61 bits per heavy atom. The van der Waals surface area contributed by atoms with Crippen molar-refractivity contribution >= 4 is 45.7 Å². The van der Waals surface area contributed by atoms with Gasteiger partial charge in [-0.05, 0) is 51.0 Å². The molecule has 0 bridgehead atoms. The highest BCUT2D eigenvalue weighted by atomic mass is 35.5. The number of nitrogens with one attached hydrogen (secondary N) is 2. The van der Waals surface area contributed by atoms with Crippen LogP contribution in [-0.4, -0.2) is 66.7 Å². The Bertz CT molecular complexity index is 1230. The van der Waals surface area contributed by atoms with E-state index in [0.717, 1.165) is 51.6 Å². The summed E-state index contributed by atoms with van der Waals surface area (Å²) in [7, 11) is 0. The number of halogens is 1. The number of aromatic nitrogens is 4. The van der Waals surface area contributed by atoms with E-state index in [2.05, 4.69) is 15.6 Å². The monoisotopic (exact) mass is 532 g/mol. The molecule has 3 aromatic rings. The number of pyridine rings is 1. The van der Waals surface area contributed by atoms with Gasteiger partial charge in [-0.1, -0.05) is 6.42 Å². The van der Waals surface area contributed by atoms with Crippen LogP contribution in [0.15, 0.2) is 12.3 Å². The van der Waals surface area contributed by atoms with Crippen LogP contribution >= 0.6 is 23.7 Å². The van der Waals surface area contributed by atoms with Crippen LogP contribution in [0.2, 0.25) is 0 Å². The van der Waals surface area contributed by atoms with Crippen molar-refractivity contribution in [2.24, 2.45) is 11.8 Å². The Hall–Kier alpha value is -2.11. The summed E-state index contributed by atoms with van der Waals surface area (Å²) >= 11 is 1.59. The van der Waals surface area contributed by atoms with Crippen LogP contribution in [-0.2, 0) is 0 Å². The number of hydrogen-bond acceptors (Lipinski definition) is 10. The molecule has 11 heteroatoms. The zero-order chi connectivity index (χ0) is 24.1. The highest BCUT2D eigenvalue weighted by molar-refractivity contribution is 7.21. The zero-order valence-electron chi connectivity index (χ0n) is 20.2. The first-order chi connectivity index (χ1) is 17.0. The first kappa shape index (κ1) is 25.5. The second kappa shape index (κ2) is 10.3. The molecule has 0 unspecified atom stereocenters. The molecule has 9 nitrogen and oxygen atoms in total. The number of hydrogen-bond donors (Lipinski definition) is 5. The van der Waals surface area contributed by atoms with E-state index in [-0.39, 0.29) is 24.9 Å². The normalized spacial score (nSPS) is 26.0. The van der Waals surface area contributed by atoms with Gasteiger partial charge in [-0.2, -0.15) is 4.98 Å². The van der Waals surface area contributed by atoms with Crippen molar-refractivity contribution in [2.45, 2.75) is 69.6 Å². The lowest BCUT2D eigenvalue weighted by molar-refractivity contribution is 0.0390. The molecule has 0 aromatic carbocycles. The third kappa shape index (κ3) is 4.77. The van der Waals surface area contributed by atoms with Crippen molar-refractivity contribution in [2.75, 3.05) is 23.8 Å². The van der Waals surface area contributed by atoms with Crippen LogP contribution in [0.5, 0.6) is 0 Å². The zero-order valence-corrected chi connectivity index (χ0v) is 21.9. The summed E-state index contributed by atoms with van der Waals surface area (Å²) in [6.45, 7) is 2.65. The summed E-state index contributed by atoms with van der Waals surface area (Å²) in [5.41, 5.74) is 3.57. The molecule has 6 rings (SSSR count). The Labute approximate surface area is 220 Å². The van der Waals surface area contributed by atoms with Gasteiger partial charge >= 0.3 is 0 Å². The highest BCUT2D eigenvalue weighted by Gasteiger charge is 2.42. The van der Waals surface area contributed by atoms with Crippen LogP contribution in [0.3, 0.4) is 0 Å². The molecule has 4 atom stereocenters. The molecule has 36 heavy (non-hydrogen) atoms. The Balaban J connectivity index is 0.00000267. The van der Waals surface area contributed by atoms with Gasteiger partial charge in [0.25, 0.3) is 0 Å². The number of nitrogens with zero attached hydrogens (tertiary/aromatic N) is 4. The maximum Gasteiger partial charge on any atom is 0.224 e. The van der Waals surface area contributed by atoms with Gasteiger partial charge in [0.15, 0.2) is 0 Å². The topological polar surface area (TPSA) is 136 Å². The molecule has 0 spiro atoms. The summed E-state index contributed by atoms with van der Waals surface area (Å²) < 4.78 is 1.08. The lowest BCUT2D eigenvalue weighted by Gasteiger charge is -2.26. The lowest BCUT2D eigenvalue weighted by Crippen LogP contribution is -2.38. The molecule has 194 valence electrons. The van der Waals surface area contributed by atoms with Crippen LogP contribution < -0.4 is 10.6 Å². The fourth-order valence-electron chi connectivity index (χ4n) is 5.25. The summed E-state index contributed by atoms with van der Waals surface area (Å²) in [6, 6.07) is 1.47. The Morgan fingerprint density at radius 1 is 1.11 bits per heavy atom. The van der Waals surface area contributed by atoms with E-state index in [1.165, 1.54) is 19.3 Å². The van der Waals surface area contributed by atoms with Crippen LogP contribution in [0.25, 0.3) is 20.8 Å². The minimum absolute atomic E-state index is 0. The SMILES string of the molecule is Cc1nc(NCC2CCC2)nc(N[C@@H]2[C@H](CO)C[C@@H](O)[C@H]2O)c1-c1nc2c(C3CC3)nccc2s1.Cl. The predicted octanol–water partition coefficient (Wildman–Crippen LogP) is 3.48. The van der Waals surface area contributed by atoms with Crippen molar-refractivity contribution in [1.29, 1.82) is 0 Å². The average Bonchev–Trinajstić information content (AvgIpc) is 3.51. The van der Waals surface area contributed by atoms with Gasteiger partial charge in [0.2, 0.25) is 5.95 Å². The van der Waals surface area contributed by atoms with E-state index < -0.39 is 18.2 Å². The van der Waals surface area contributed by atoms with Crippen LogP contribution in [0.4, 0.5) is 11.8 Å². The molecule has 3 heterocycles. The molecule has 0 amide bonds. The molecule has 0 aliphatic heterocycles. The lowest BCUT2D eigenvalue weighted by atomic mass is 9.85. The average molecular weight is 533 g/mol. The van der Waals surface area contributed by atoms with E-state index in [4.69, 9.17) is 15.0 Å². The first-order valence-electron chi connectivity index (χ1n) is 12.6. The third-order valence-corrected chi connectivity index (χ3v) is 8.77. The Kier molecular flexibility index (Phi) is 7.33. The molecule has 3 saturated carbocycles. The molecule has 0 radical (unpaired) electrons. The molecule has 3 aliphatic carbocycles. The molecule has 3 fully saturated rings. The van der Waals surface area contributed by atoms with Gasteiger partial charge in [-0.25, -0.2) is 9.97 Å². The molecule has 3 aromatic heterocycles. The first-order valence-corrected chi connectivity index (χ1v) is 13.4. The quantitative estimate of drug-likeness (QED) is 0.295. The molecular weight excluding hydrogens is 500 g/mol. The number of thiazole rings is 1. The summed E-state index contributed by atoms with van der Waals surface area (Å²) in [4.78, 5) is 19.2. The smallest absolute Gasteiger partial charge is 0.224 e. The van der Waals surface area contributed by atoms with E-state index >= 15 is 0 Å². The largest absolute Gasteiger partial charge is 0.396 e. The summed E-state index contributed by atoms with van der Waals surface area (Å²) in [6.07, 6.45) is 6.34. The van der Waals surface area contributed by atoms with Gasteiger partial charge < -0.3 is 26.0 Å². The van der Waals surface area contributed by atoms with E-state index in [1.54, 1.807) is 11.3 Å². The number of fused-ring (bicyclic) bond motifs is 1. The number of aliphatic hydroxyl groups excluding tert-OH is 3. The number of anilines is 2. The summed E-state index contributed by atoms with van der Waals surface area (Å²) in [5.74, 6) is 1.96. The van der Waals surface area contributed by atoms with Gasteiger partial charge in [-0.3, -0.25) is 4.98 Å². The fraction of sp³-hybridized carbons (Fsp3) is 0.600. The van der Waals surface area contributed by atoms with Gasteiger partial charge in [0.05, 0.1) is 33.8 Å². The number of aliphatic hydroxyl groups is 3. The molecule has 3 aliphatic rings. The predicted molar refractivity (Wildman–Crippen MR) is 143 cm³/mol. The van der Waals surface area contributed by atoms with Crippen LogP contribution in [0, 0.1) is 18.8 Å². The van der Waals surface area contributed by atoms with Crippen molar-refractivity contribution in [3.63, 3.8) is 0 Å². The van der Waals surface area contributed by atoms with Gasteiger partial charge in [0.1, 0.15) is 22.4 Å². The summed E-state index contributed by atoms with van der Waals surface area (Å²) in [5, 5.41) is 38.3. The van der Waals surface area contributed by atoms with Crippen LogP contribution in [0.1, 0.15) is 55.8 Å². The molecular formula is C25H33ClN6O3S. The maximum absolute atomic E-state index is 10.7. The van der Waals surface area contributed by atoms with Gasteiger partial charge in [-0.15, -0.1) is 23.7 Å². The second-order valence-corrected chi connectivity index (χ2v) is 11.3. The Morgan fingerprint density at radius 2 is 1.92 bits per heavy atom. The minimum Gasteiger partial charge on any atom is -0.396 e. The van der Waals surface area contributed by atoms with Crippen molar-refractivity contribution in [3.05, 3.63) is 23.7 Å². The van der Waals surface area contributed by atoms with Crippen molar-refractivity contribution in [3.8, 4) is 10.6 Å². The minimum atomic E-state index is -0.998. The van der Waals surface area contributed by atoms with E-state index in [0.29, 0.717) is 30.0 Å². The second-order valence-electron chi connectivity index (χ2n) is 10.3. The standard InChI is InChI=1S/C25H32N6O3S.ClH/c1-12-18(24-30-21-17(35-24)7-8-26-19(21)14-5-6-14)23(29-20-15(11-32)9-16(33)22(20)34)31-25(28-12)27-10-13-3-2-4-13;/h7-8,13-16,20,22,32-34H,2-6,9-11H2,1H3,(H2,27,28,29,31);1H/t15-,16+,20+,22+;/m0./s1. The molecule has 0 saturated heterocycles. The fourth-order valence-corrected chi connectivity index (χ4v) is 6.31. The highest BCUT2D eigenvalue weighted by Crippen LogP contribution is 2.44. The number of rotatable bonds is 8. The van der Waals surface area contributed by atoms with Crippen molar-refractivity contribution in [1.82, 2.24) is 19.9 Å². The number of aryl methyl sites for hydroxylation is 1. The third-order valence-electron chi connectivity index (χ3n) is 7.73. The van der Waals surface area contributed by atoms with E-state index in [9.17, 15) is 15.3 Å². The van der Waals surface area contributed by atoms with E-state index in [1.807, 2.05) is 19.2 Å². The molecule has 5 N–H and O–H groups in total. The maximum atomic E-state index is 10.7. The van der Waals surface area contributed by atoms with Crippen molar-refractivity contribution < 1.29 is 15.3 Å².